The van der Waals surface area contributed by atoms with Crippen LogP contribution >= 0.6 is 11.8 Å². The molecule has 3 heteroatoms. The van der Waals surface area contributed by atoms with Gasteiger partial charge in [-0.05, 0) is 37.3 Å². The van der Waals surface area contributed by atoms with E-state index in [2.05, 4.69) is 29.2 Å². The first-order valence-corrected chi connectivity index (χ1v) is 9.44. The summed E-state index contributed by atoms with van der Waals surface area (Å²) in [6.45, 7) is 2.90. The predicted molar refractivity (Wildman–Crippen MR) is 97.0 cm³/mol. The highest BCUT2D eigenvalue weighted by molar-refractivity contribution is 7.98. The fourth-order valence-corrected chi connectivity index (χ4v) is 3.93. The fraction of sp³-hybridized carbons (Fsp3) is 0.350. The Morgan fingerprint density at radius 3 is 2.65 bits per heavy atom. The van der Waals surface area contributed by atoms with Gasteiger partial charge in [0.2, 0.25) is 0 Å². The molecule has 2 aromatic rings. The molecule has 0 unspecified atom stereocenters. The van der Waals surface area contributed by atoms with Gasteiger partial charge < -0.3 is 0 Å². The highest BCUT2D eigenvalue weighted by Crippen LogP contribution is 2.27. The second-order valence-electron chi connectivity index (χ2n) is 6.12. The zero-order chi connectivity index (χ0) is 16.1. The average Bonchev–Trinajstić information content (AvgIpc) is 2.62. The maximum absolute atomic E-state index is 12.9. The van der Waals surface area contributed by atoms with E-state index < -0.39 is 0 Å². The molecule has 3 rings (SSSR count). The lowest BCUT2D eigenvalue weighted by molar-refractivity contribution is 0.0808. The van der Waals surface area contributed by atoms with Crippen LogP contribution < -0.4 is 0 Å². The highest BCUT2D eigenvalue weighted by Gasteiger charge is 2.27. The van der Waals surface area contributed by atoms with Crippen LogP contribution in [-0.2, 0) is 6.54 Å². The molecule has 0 amide bonds. The topological polar surface area (TPSA) is 20.3 Å². The van der Waals surface area contributed by atoms with Crippen molar-refractivity contribution in [1.82, 2.24) is 4.90 Å². The lowest BCUT2D eigenvalue weighted by atomic mass is 9.89. The van der Waals surface area contributed by atoms with Crippen molar-refractivity contribution in [2.24, 2.45) is 5.92 Å². The number of piperidine rings is 1. The van der Waals surface area contributed by atoms with E-state index in [1.165, 1.54) is 5.56 Å². The summed E-state index contributed by atoms with van der Waals surface area (Å²) in [5.41, 5.74) is 2.22. The van der Waals surface area contributed by atoms with Crippen LogP contribution in [0.5, 0.6) is 0 Å². The zero-order valence-corrected chi connectivity index (χ0v) is 14.4. The number of rotatable bonds is 5. The summed E-state index contributed by atoms with van der Waals surface area (Å²) in [4.78, 5) is 16.5. The van der Waals surface area contributed by atoms with E-state index in [-0.39, 0.29) is 5.92 Å². The summed E-state index contributed by atoms with van der Waals surface area (Å²) in [5, 5.41) is 0. The molecule has 0 N–H and O–H groups in total. The maximum Gasteiger partial charge on any atom is 0.168 e. The fourth-order valence-electron chi connectivity index (χ4n) is 3.32. The van der Waals surface area contributed by atoms with Gasteiger partial charge in [-0.25, -0.2) is 0 Å². The predicted octanol–water partition coefficient (Wildman–Crippen LogP) is 4.50. The van der Waals surface area contributed by atoms with Gasteiger partial charge in [-0.2, -0.15) is 0 Å². The molecule has 0 radical (unpaired) electrons. The molecule has 1 saturated heterocycles. The lowest BCUT2D eigenvalue weighted by Crippen LogP contribution is -2.38. The minimum atomic E-state index is 0.126. The first-order valence-electron chi connectivity index (χ1n) is 8.21. The van der Waals surface area contributed by atoms with Gasteiger partial charge in [0.15, 0.2) is 5.78 Å². The van der Waals surface area contributed by atoms with Crippen molar-refractivity contribution in [2.75, 3.05) is 19.3 Å². The molecular weight excluding hydrogens is 302 g/mol. The Morgan fingerprint density at radius 1 is 1.13 bits per heavy atom. The Kier molecular flexibility index (Phi) is 5.52. The van der Waals surface area contributed by atoms with Crippen molar-refractivity contribution >= 4 is 17.5 Å². The molecular formula is C20H23NOS. The number of carbonyl (C=O) groups excluding carboxylic acids is 1. The number of hydrogen-bond donors (Lipinski definition) is 0. The second-order valence-corrected chi connectivity index (χ2v) is 6.97. The smallest absolute Gasteiger partial charge is 0.168 e. The molecule has 1 aliphatic rings. The molecule has 1 aliphatic heterocycles. The van der Waals surface area contributed by atoms with Crippen LogP contribution in [0.3, 0.4) is 0 Å². The van der Waals surface area contributed by atoms with Gasteiger partial charge in [-0.3, -0.25) is 9.69 Å². The molecule has 1 atom stereocenters. The van der Waals surface area contributed by atoms with Gasteiger partial charge in [0, 0.05) is 29.5 Å². The summed E-state index contributed by atoms with van der Waals surface area (Å²) in [6.07, 6.45) is 4.15. The van der Waals surface area contributed by atoms with Crippen molar-refractivity contribution in [3.63, 3.8) is 0 Å². The van der Waals surface area contributed by atoms with Crippen molar-refractivity contribution < 1.29 is 4.79 Å². The Bertz CT molecular complexity index is 656. The molecule has 0 bridgehead atoms. The standard InChI is InChI=1S/C20H23NOS/c1-23-19-12-6-5-11-18(19)20(22)17-10-7-13-21(15-17)14-16-8-3-2-4-9-16/h2-6,8-9,11-12,17H,7,10,13-15H2,1H3/t17-/m0/s1. The largest absolute Gasteiger partial charge is 0.298 e. The minimum absolute atomic E-state index is 0.126. The Balaban J connectivity index is 1.69. The Labute approximate surface area is 142 Å². The van der Waals surface area contributed by atoms with Crippen molar-refractivity contribution in [2.45, 2.75) is 24.3 Å². The van der Waals surface area contributed by atoms with Gasteiger partial charge in [0.1, 0.15) is 0 Å². The molecule has 0 aliphatic carbocycles. The number of Topliss-reactive ketones (excluding diaryl/α,β-unsaturated/α-hetero) is 1. The lowest BCUT2D eigenvalue weighted by Gasteiger charge is -2.32. The van der Waals surface area contributed by atoms with Gasteiger partial charge in [0.05, 0.1) is 0 Å². The number of thioether (sulfide) groups is 1. The molecule has 120 valence electrons. The monoisotopic (exact) mass is 325 g/mol. The molecule has 23 heavy (non-hydrogen) atoms. The number of carbonyl (C=O) groups is 1. The number of hydrogen-bond acceptors (Lipinski definition) is 3. The van der Waals surface area contributed by atoms with Crippen molar-refractivity contribution in [3.8, 4) is 0 Å². The van der Waals surface area contributed by atoms with E-state index in [0.717, 1.165) is 42.9 Å². The van der Waals surface area contributed by atoms with Crippen LogP contribution in [-0.4, -0.2) is 30.0 Å². The molecule has 1 heterocycles. The van der Waals surface area contributed by atoms with Crippen LogP contribution in [0.15, 0.2) is 59.5 Å². The summed E-state index contributed by atoms with van der Waals surface area (Å²) in [6, 6.07) is 18.5. The number of ketones is 1. The first kappa shape index (κ1) is 16.3. The van der Waals surface area contributed by atoms with Gasteiger partial charge in [0.25, 0.3) is 0 Å². The van der Waals surface area contributed by atoms with Gasteiger partial charge in [-0.1, -0.05) is 48.5 Å². The number of nitrogens with zero attached hydrogens (tertiary/aromatic N) is 1. The van der Waals surface area contributed by atoms with E-state index >= 15 is 0 Å². The van der Waals surface area contributed by atoms with E-state index in [9.17, 15) is 4.79 Å². The van der Waals surface area contributed by atoms with Crippen LogP contribution in [0, 0.1) is 5.92 Å². The van der Waals surface area contributed by atoms with Crippen LogP contribution in [0.25, 0.3) is 0 Å². The SMILES string of the molecule is CSc1ccccc1C(=O)[C@H]1CCCN(Cc2ccccc2)C1. The maximum atomic E-state index is 12.9. The summed E-state index contributed by atoms with van der Waals surface area (Å²) in [7, 11) is 0. The number of likely N-dealkylation sites (tertiary alicyclic amines) is 1. The molecule has 0 saturated carbocycles. The van der Waals surface area contributed by atoms with E-state index in [1.807, 2.05) is 36.6 Å². The van der Waals surface area contributed by atoms with E-state index in [0.29, 0.717) is 5.78 Å². The molecule has 1 fully saturated rings. The third kappa shape index (κ3) is 4.04. The average molecular weight is 325 g/mol. The summed E-state index contributed by atoms with van der Waals surface area (Å²) in [5.74, 6) is 0.438. The van der Waals surface area contributed by atoms with Crippen LogP contribution in [0.4, 0.5) is 0 Å². The van der Waals surface area contributed by atoms with Gasteiger partial charge >= 0.3 is 0 Å². The van der Waals surface area contributed by atoms with Crippen molar-refractivity contribution in [1.29, 1.82) is 0 Å². The normalized spacial score (nSPS) is 18.7. The molecule has 2 nitrogen and oxygen atoms in total. The van der Waals surface area contributed by atoms with Crippen LogP contribution in [0.2, 0.25) is 0 Å². The second kappa shape index (κ2) is 7.80. The Hall–Kier alpha value is -1.58. The quantitative estimate of drug-likeness (QED) is 0.596. The summed E-state index contributed by atoms with van der Waals surface area (Å²) < 4.78 is 0. The molecule has 2 aromatic carbocycles. The third-order valence-corrected chi connectivity index (χ3v) is 5.29. The van der Waals surface area contributed by atoms with Gasteiger partial charge in [-0.15, -0.1) is 11.8 Å². The Morgan fingerprint density at radius 2 is 1.87 bits per heavy atom. The third-order valence-electron chi connectivity index (χ3n) is 4.50. The van der Waals surface area contributed by atoms with E-state index in [4.69, 9.17) is 0 Å². The van der Waals surface area contributed by atoms with Crippen molar-refractivity contribution in [3.05, 3.63) is 65.7 Å². The number of benzene rings is 2. The molecule has 0 aromatic heterocycles. The van der Waals surface area contributed by atoms with E-state index in [1.54, 1.807) is 11.8 Å². The highest BCUT2D eigenvalue weighted by atomic mass is 32.2. The first-order chi connectivity index (χ1) is 11.3. The minimum Gasteiger partial charge on any atom is -0.298 e. The summed E-state index contributed by atoms with van der Waals surface area (Å²) >= 11 is 1.66. The van der Waals surface area contributed by atoms with Crippen LogP contribution in [0.1, 0.15) is 28.8 Å². The zero-order valence-electron chi connectivity index (χ0n) is 13.6. The molecule has 0 spiro atoms.